The van der Waals surface area contributed by atoms with Crippen LogP contribution in [0.15, 0.2) is 84.5 Å². The SMILES string of the molecule is C=C1/C(=C\[CH-]P(=O)(c2ccccc2)c2ccccc2)C[C@H](O[Si](C)(C)C(C)(C)C)C[C@@H]1O[Si](C)(C)C(C)(C)C. The van der Waals surface area contributed by atoms with Crippen molar-refractivity contribution in [3.63, 3.8) is 0 Å². The molecule has 0 radical (unpaired) electrons. The molecular formula is C33H50O3PSi2-. The molecule has 0 unspecified atom stereocenters. The Morgan fingerprint density at radius 2 is 1.26 bits per heavy atom. The fraction of sp³-hybridized carbons (Fsp3) is 0.485. The first-order valence-corrected chi connectivity index (χ1v) is 21.8. The zero-order chi connectivity index (χ0) is 29.3. The Morgan fingerprint density at radius 3 is 1.69 bits per heavy atom. The molecule has 1 aliphatic carbocycles. The van der Waals surface area contributed by atoms with E-state index in [4.69, 9.17) is 8.85 Å². The molecule has 0 saturated heterocycles. The molecule has 0 bridgehead atoms. The minimum atomic E-state index is -3.00. The highest BCUT2D eigenvalue weighted by Gasteiger charge is 2.43. The lowest BCUT2D eigenvalue weighted by Crippen LogP contribution is -2.49. The van der Waals surface area contributed by atoms with Crippen molar-refractivity contribution >= 4 is 34.4 Å². The molecule has 39 heavy (non-hydrogen) atoms. The second-order valence-electron chi connectivity index (χ2n) is 14.0. The van der Waals surface area contributed by atoms with Gasteiger partial charge in [-0.25, -0.2) is 6.08 Å². The summed E-state index contributed by atoms with van der Waals surface area (Å²) in [5.41, 5.74) is 2.08. The molecule has 0 heterocycles. The normalized spacial score (nSPS) is 20.8. The monoisotopic (exact) mass is 581 g/mol. The summed E-state index contributed by atoms with van der Waals surface area (Å²) in [5.74, 6) is 0. The quantitative estimate of drug-likeness (QED) is 0.177. The minimum Gasteiger partial charge on any atom is -0.415 e. The average molecular weight is 582 g/mol. The van der Waals surface area contributed by atoms with Gasteiger partial charge in [0, 0.05) is 16.7 Å². The zero-order valence-electron chi connectivity index (χ0n) is 25.9. The van der Waals surface area contributed by atoms with E-state index >= 15 is 0 Å². The summed E-state index contributed by atoms with van der Waals surface area (Å²) < 4.78 is 28.6. The Kier molecular flexibility index (Phi) is 9.57. The predicted octanol–water partition coefficient (Wildman–Crippen LogP) is 9.22. The van der Waals surface area contributed by atoms with Gasteiger partial charge in [-0.1, -0.05) is 109 Å². The fourth-order valence-corrected chi connectivity index (χ4v) is 9.30. The van der Waals surface area contributed by atoms with Crippen molar-refractivity contribution in [2.24, 2.45) is 0 Å². The van der Waals surface area contributed by atoms with Crippen molar-refractivity contribution in [1.29, 1.82) is 0 Å². The van der Waals surface area contributed by atoms with Gasteiger partial charge >= 0.3 is 0 Å². The Balaban J connectivity index is 2.01. The number of benzene rings is 2. The Hall–Kier alpha value is -1.63. The van der Waals surface area contributed by atoms with Crippen LogP contribution in [0, 0.1) is 6.16 Å². The van der Waals surface area contributed by atoms with E-state index < -0.39 is 23.8 Å². The van der Waals surface area contributed by atoms with E-state index in [1.54, 1.807) is 0 Å². The molecule has 0 N–H and O–H groups in total. The van der Waals surface area contributed by atoms with Crippen LogP contribution in [-0.4, -0.2) is 28.8 Å². The molecule has 2 aromatic carbocycles. The van der Waals surface area contributed by atoms with Crippen molar-refractivity contribution < 1.29 is 13.4 Å². The van der Waals surface area contributed by atoms with E-state index in [2.05, 4.69) is 80.4 Å². The van der Waals surface area contributed by atoms with Crippen LogP contribution in [0.5, 0.6) is 0 Å². The molecule has 0 aromatic heterocycles. The van der Waals surface area contributed by atoms with Gasteiger partial charge < -0.3 is 13.4 Å². The first-order valence-electron chi connectivity index (χ1n) is 14.2. The Morgan fingerprint density at radius 1 is 0.821 bits per heavy atom. The predicted molar refractivity (Wildman–Crippen MR) is 175 cm³/mol. The molecule has 0 aliphatic heterocycles. The van der Waals surface area contributed by atoms with Crippen molar-refractivity contribution in [2.45, 2.75) is 103 Å². The summed E-state index contributed by atoms with van der Waals surface area (Å²) in [7, 11) is -7.05. The molecule has 1 saturated carbocycles. The number of allylic oxidation sites excluding steroid dienone is 1. The summed E-state index contributed by atoms with van der Waals surface area (Å²) in [4.78, 5) is 0. The van der Waals surface area contributed by atoms with Crippen molar-refractivity contribution in [3.8, 4) is 0 Å². The third-order valence-corrected chi connectivity index (χ3v) is 20.7. The van der Waals surface area contributed by atoms with Gasteiger partial charge in [-0.15, -0.1) is 12.2 Å². The van der Waals surface area contributed by atoms with E-state index in [0.29, 0.717) is 0 Å². The summed E-state index contributed by atoms with van der Waals surface area (Å²) in [6.07, 6.45) is 5.48. The van der Waals surface area contributed by atoms with E-state index in [9.17, 15) is 4.57 Å². The van der Waals surface area contributed by atoms with Crippen LogP contribution in [0.25, 0.3) is 0 Å². The lowest BCUT2D eigenvalue weighted by molar-refractivity contribution is 0.0969. The Labute approximate surface area is 240 Å². The first-order chi connectivity index (χ1) is 17.9. The molecule has 2 atom stereocenters. The van der Waals surface area contributed by atoms with Crippen LogP contribution in [0.4, 0.5) is 0 Å². The zero-order valence-corrected chi connectivity index (χ0v) is 28.8. The summed E-state index contributed by atoms with van der Waals surface area (Å²) in [6.45, 7) is 27.4. The molecule has 3 nitrogen and oxygen atoms in total. The molecule has 2 aromatic rings. The van der Waals surface area contributed by atoms with Crippen molar-refractivity contribution in [2.75, 3.05) is 0 Å². The third kappa shape index (κ3) is 7.37. The maximum absolute atomic E-state index is 14.7. The van der Waals surface area contributed by atoms with E-state index in [0.717, 1.165) is 34.6 Å². The highest BCUT2D eigenvalue weighted by molar-refractivity contribution is 7.80. The van der Waals surface area contributed by atoms with E-state index in [1.165, 1.54) is 0 Å². The van der Waals surface area contributed by atoms with Crippen molar-refractivity contribution in [3.05, 3.63) is 90.6 Å². The molecule has 6 heteroatoms. The molecule has 3 rings (SSSR count). The van der Waals surface area contributed by atoms with Gasteiger partial charge in [-0.2, -0.15) is 11.7 Å². The summed E-state index contributed by atoms with van der Waals surface area (Å²) >= 11 is 0. The molecular weight excluding hydrogens is 532 g/mol. The van der Waals surface area contributed by atoms with Gasteiger partial charge in [0.2, 0.25) is 0 Å². The largest absolute Gasteiger partial charge is 0.415 e. The van der Waals surface area contributed by atoms with Crippen LogP contribution in [0.2, 0.25) is 36.3 Å². The average Bonchev–Trinajstić information content (AvgIpc) is 2.84. The standard InChI is InChI=1S/C33H50O3PSi2/c1-26-27(22-23-37(34,29-18-14-12-15-19-29)30-20-16-13-17-21-30)24-28(35-38(8,9)32(2,3)4)25-31(26)36-39(10,11)33(5,6)7/h12-23,28,31H,1,24-25H2,2-11H3/q-1/b27-22-/t28-,31-/m0/s1. The second kappa shape index (κ2) is 11.7. The molecule has 0 amide bonds. The molecule has 214 valence electrons. The number of rotatable bonds is 8. The molecule has 1 aliphatic rings. The van der Waals surface area contributed by atoms with Crippen LogP contribution in [-0.2, 0) is 13.4 Å². The van der Waals surface area contributed by atoms with Crippen LogP contribution >= 0.6 is 7.14 Å². The highest BCUT2D eigenvalue weighted by atomic mass is 31.2. The summed E-state index contributed by atoms with van der Waals surface area (Å²) in [6, 6.07) is 19.6. The van der Waals surface area contributed by atoms with Gasteiger partial charge in [-0.3, -0.25) is 0 Å². The summed E-state index contributed by atoms with van der Waals surface area (Å²) in [5, 5.41) is 1.87. The van der Waals surface area contributed by atoms with Gasteiger partial charge in [0.25, 0.3) is 0 Å². The van der Waals surface area contributed by atoms with Crippen LogP contribution in [0.1, 0.15) is 54.4 Å². The first kappa shape index (κ1) is 31.9. The topological polar surface area (TPSA) is 35.5 Å². The lowest BCUT2D eigenvalue weighted by atomic mass is 9.86. The van der Waals surface area contributed by atoms with Crippen molar-refractivity contribution in [1.82, 2.24) is 0 Å². The second-order valence-corrected chi connectivity index (χ2v) is 26.2. The van der Waals surface area contributed by atoms with Gasteiger partial charge in [0.1, 0.15) is 0 Å². The number of hydrogen-bond donors (Lipinski definition) is 0. The Bertz CT molecular complexity index is 1160. The highest BCUT2D eigenvalue weighted by Crippen LogP contribution is 2.49. The molecule has 1 fully saturated rings. The lowest BCUT2D eigenvalue weighted by Gasteiger charge is -2.47. The maximum atomic E-state index is 14.7. The van der Waals surface area contributed by atoms with Gasteiger partial charge in [0.15, 0.2) is 16.6 Å². The van der Waals surface area contributed by atoms with E-state index in [1.807, 2.05) is 66.8 Å². The minimum absolute atomic E-state index is 0.0404. The van der Waals surface area contributed by atoms with Crippen LogP contribution in [0.3, 0.4) is 0 Å². The van der Waals surface area contributed by atoms with Gasteiger partial charge in [0.05, 0.1) is 13.2 Å². The number of hydrogen-bond acceptors (Lipinski definition) is 3. The molecule has 0 spiro atoms. The third-order valence-electron chi connectivity index (χ3n) is 9.00. The smallest absolute Gasteiger partial charge is 0.192 e. The maximum Gasteiger partial charge on any atom is 0.192 e. The van der Waals surface area contributed by atoms with Gasteiger partial charge in [-0.05, 0) is 42.7 Å². The van der Waals surface area contributed by atoms with E-state index in [-0.39, 0.29) is 22.3 Å². The fourth-order valence-electron chi connectivity index (χ4n) is 4.37. The van der Waals surface area contributed by atoms with Crippen LogP contribution < -0.4 is 10.6 Å².